The minimum atomic E-state index is -0.613. The van der Waals surface area contributed by atoms with E-state index < -0.39 is 5.97 Å². The molecule has 0 bridgehead atoms. The number of esters is 1. The fourth-order valence-corrected chi connectivity index (χ4v) is 1.62. The molecule has 98 valence electrons. The van der Waals surface area contributed by atoms with Gasteiger partial charge in [0.15, 0.2) is 0 Å². The van der Waals surface area contributed by atoms with Crippen LogP contribution in [-0.4, -0.2) is 18.1 Å². The second-order valence-corrected chi connectivity index (χ2v) is 4.04. The molecular weight excluding hydrogens is 268 g/mol. The van der Waals surface area contributed by atoms with Crippen LogP contribution >= 0.6 is 11.6 Å². The number of anilines is 1. The number of nitrogens with zero attached hydrogens (tertiary/aromatic N) is 1. The Balaban J connectivity index is 2.31. The number of nitrogens with two attached hydrogens (primary N) is 1. The number of carbonyl (C=O) groups is 1. The molecule has 1 aromatic carbocycles. The van der Waals surface area contributed by atoms with Gasteiger partial charge in [0.05, 0.1) is 17.8 Å². The molecule has 2 rings (SSSR count). The Morgan fingerprint density at radius 2 is 2.16 bits per heavy atom. The van der Waals surface area contributed by atoms with Gasteiger partial charge in [0.2, 0.25) is 5.88 Å². The third kappa shape index (κ3) is 2.95. The van der Waals surface area contributed by atoms with Crippen LogP contribution in [0.25, 0.3) is 0 Å². The average Bonchev–Trinajstić information content (AvgIpc) is 2.42. The minimum absolute atomic E-state index is 0.187. The van der Waals surface area contributed by atoms with Gasteiger partial charge in [-0.2, -0.15) is 0 Å². The zero-order chi connectivity index (χ0) is 13.8. The lowest BCUT2D eigenvalue weighted by molar-refractivity contribution is 0.0724. The number of methoxy groups -OCH3 is 1. The summed E-state index contributed by atoms with van der Waals surface area (Å²) in [6, 6.07) is 7.88. The first kappa shape index (κ1) is 13.2. The molecule has 2 aromatic rings. The highest BCUT2D eigenvalue weighted by Gasteiger charge is 2.17. The van der Waals surface area contributed by atoms with E-state index in [1.807, 2.05) is 0 Å². The van der Waals surface area contributed by atoms with Crippen LogP contribution < -0.4 is 15.2 Å². The number of aromatic nitrogens is 1. The summed E-state index contributed by atoms with van der Waals surface area (Å²) < 4.78 is 10.2. The molecule has 0 spiro atoms. The van der Waals surface area contributed by atoms with E-state index in [-0.39, 0.29) is 16.5 Å². The summed E-state index contributed by atoms with van der Waals surface area (Å²) in [5, 5.41) is 0.258. The van der Waals surface area contributed by atoms with Gasteiger partial charge < -0.3 is 15.2 Å². The molecule has 0 aliphatic rings. The van der Waals surface area contributed by atoms with Crippen LogP contribution in [0.2, 0.25) is 5.02 Å². The lowest BCUT2D eigenvalue weighted by atomic mass is 10.2. The summed E-state index contributed by atoms with van der Waals surface area (Å²) in [7, 11) is 1.43. The summed E-state index contributed by atoms with van der Waals surface area (Å²) in [5.41, 5.74) is 6.16. The number of hydrogen-bond acceptors (Lipinski definition) is 5. The maximum Gasteiger partial charge on any atom is 0.348 e. The quantitative estimate of drug-likeness (QED) is 0.690. The van der Waals surface area contributed by atoms with Crippen LogP contribution in [0.3, 0.4) is 0 Å². The van der Waals surface area contributed by atoms with Gasteiger partial charge in [0, 0.05) is 18.3 Å². The highest BCUT2D eigenvalue weighted by Crippen LogP contribution is 2.29. The molecule has 1 heterocycles. The van der Waals surface area contributed by atoms with Crippen LogP contribution in [0.5, 0.6) is 11.6 Å². The fraction of sp³-hybridized carbons (Fsp3) is 0.0769. The van der Waals surface area contributed by atoms with E-state index in [0.717, 1.165) is 0 Å². The Bertz CT molecular complexity index is 602. The van der Waals surface area contributed by atoms with Gasteiger partial charge in [-0.3, -0.25) is 0 Å². The second kappa shape index (κ2) is 5.58. The topological polar surface area (TPSA) is 74.4 Å². The summed E-state index contributed by atoms with van der Waals surface area (Å²) in [6.45, 7) is 0. The third-order valence-corrected chi connectivity index (χ3v) is 2.70. The molecule has 6 heteroatoms. The largest absolute Gasteiger partial charge is 0.496 e. The molecule has 0 saturated heterocycles. The van der Waals surface area contributed by atoms with E-state index in [2.05, 4.69) is 4.98 Å². The Morgan fingerprint density at radius 3 is 2.79 bits per heavy atom. The maximum absolute atomic E-state index is 12.0. The molecule has 0 aliphatic heterocycles. The zero-order valence-corrected chi connectivity index (χ0v) is 10.8. The molecule has 0 fully saturated rings. The summed E-state index contributed by atoms with van der Waals surface area (Å²) in [4.78, 5) is 15.9. The average molecular weight is 279 g/mol. The predicted octanol–water partition coefficient (Wildman–Crippen LogP) is 2.55. The number of rotatable bonds is 3. The number of benzene rings is 1. The second-order valence-electron chi connectivity index (χ2n) is 3.63. The van der Waals surface area contributed by atoms with Crippen molar-refractivity contribution in [2.45, 2.75) is 0 Å². The van der Waals surface area contributed by atoms with Crippen molar-refractivity contribution in [1.29, 1.82) is 0 Å². The number of hydrogen-bond donors (Lipinski definition) is 1. The smallest absolute Gasteiger partial charge is 0.348 e. The number of ether oxygens (including phenoxy) is 2. The molecule has 0 aliphatic carbocycles. The standard InChI is InChI=1S/C13H11ClN2O3/c1-18-11-7-10(15)9(14)6-8(11)13(17)19-12-4-2-3-5-16-12/h2-7H,15H2,1H3. The van der Waals surface area contributed by atoms with Gasteiger partial charge in [0.25, 0.3) is 0 Å². The summed E-state index contributed by atoms with van der Waals surface area (Å²) in [5.74, 6) is -0.122. The Labute approximate surface area is 114 Å². The van der Waals surface area contributed by atoms with Crippen molar-refractivity contribution in [3.05, 3.63) is 47.1 Å². The van der Waals surface area contributed by atoms with Crippen molar-refractivity contribution in [3.8, 4) is 11.6 Å². The van der Waals surface area contributed by atoms with E-state index in [4.69, 9.17) is 26.8 Å². The third-order valence-electron chi connectivity index (χ3n) is 2.37. The number of pyridine rings is 1. The van der Waals surface area contributed by atoms with E-state index in [1.54, 1.807) is 18.2 Å². The Morgan fingerprint density at radius 1 is 1.37 bits per heavy atom. The lowest BCUT2D eigenvalue weighted by Crippen LogP contribution is -2.11. The first-order valence-corrected chi connectivity index (χ1v) is 5.76. The minimum Gasteiger partial charge on any atom is -0.496 e. The molecule has 0 atom stereocenters. The van der Waals surface area contributed by atoms with Crippen molar-refractivity contribution in [2.24, 2.45) is 0 Å². The van der Waals surface area contributed by atoms with Crippen molar-refractivity contribution in [3.63, 3.8) is 0 Å². The van der Waals surface area contributed by atoms with Gasteiger partial charge in [-0.1, -0.05) is 17.7 Å². The Kier molecular flexibility index (Phi) is 3.87. The van der Waals surface area contributed by atoms with Gasteiger partial charge in [-0.25, -0.2) is 9.78 Å². The molecule has 2 N–H and O–H groups in total. The SMILES string of the molecule is COc1cc(N)c(Cl)cc1C(=O)Oc1ccccn1. The molecule has 5 nitrogen and oxygen atoms in total. The number of halogens is 1. The van der Waals surface area contributed by atoms with Crippen LogP contribution in [-0.2, 0) is 0 Å². The van der Waals surface area contributed by atoms with Gasteiger partial charge in [-0.15, -0.1) is 0 Å². The van der Waals surface area contributed by atoms with Gasteiger partial charge in [-0.05, 0) is 12.1 Å². The lowest BCUT2D eigenvalue weighted by Gasteiger charge is -2.09. The summed E-state index contributed by atoms with van der Waals surface area (Å²) >= 11 is 5.89. The van der Waals surface area contributed by atoms with E-state index in [0.29, 0.717) is 11.4 Å². The normalized spacial score (nSPS) is 10.0. The van der Waals surface area contributed by atoms with Gasteiger partial charge >= 0.3 is 5.97 Å². The molecule has 1 aromatic heterocycles. The van der Waals surface area contributed by atoms with E-state index >= 15 is 0 Å². The fourth-order valence-electron chi connectivity index (χ4n) is 1.45. The van der Waals surface area contributed by atoms with Crippen molar-refractivity contribution < 1.29 is 14.3 Å². The van der Waals surface area contributed by atoms with E-state index in [1.165, 1.54) is 25.4 Å². The molecule has 0 unspecified atom stereocenters. The van der Waals surface area contributed by atoms with Crippen molar-refractivity contribution in [2.75, 3.05) is 12.8 Å². The van der Waals surface area contributed by atoms with Crippen LogP contribution in [0, 0.1) is 0 Å². The zero-order valence-electron chi connectivity index (χ0n) is 10.1. The molecule has 19 heavy (non-hydrogen) atoms. The monoisotopic (exact) mass is 278 g/mol. The summed E-state index contributed by atoms with van der Waals surface area (Å²) in [6.07, 6.45) is 1.52. The van der Waals surface area contributed by atoms with Crippen LogP contribution in [0.1, 0.15) is 10.4 Å². The predicted molar refractivity (Wildman–Crippen MR) is 71.6 cm³/mol. The first-order valence-electron chi connectivity index (χ1n) is 5.38. The van der Waals surface area contributed by atoms with Gasteiger partial charge in [0.1, 0.15) is 11.3 Å². The maximum atomic E-state index is 12.0. The van der Waals surface area contributed by atoms with E-state index in [9.17, 15) is 4.79 Å². The number of nitrogen functional groups attached to an aromatic ring is 1. The highest BCUT2D eigenvalue weighted by atomic mass is 35.5. The van der Waals surface area contributed by atoms with Crippen molar-refractivity contribution in [1.82, 2.24) is 4.98 Å². The van der Waals surface area contributed by atoms with Crippen LogP contribution in [0.15, 0.2) is 36.5 Å². The molecule has 0 amide bonds. The first-order chi connectivity index (χ1) is 9.11. The van der Waals surface area contributed by atoms with Crippen molar-refractivity contribution >= 4 is 23.3 Å². The van der Waals surface area contributed by atoms with Crippen LogP contribution in [0.4, 0.5) is 5.69 Å². The molecule has 0 radical (unpaired) electrons. The molecular formula is C13H11ClN2O3. The number of carbonyl (C=O) groups excluding carboxylic acids is 1. The molecule has 0 saturated carbocycles. The Hall–Kier alpha value is -2.27. The highest BCUT2D eigenvalue weighted by molar-refractivity contribution is 6.33.